The van der Waals surface area contributed by atoms with Crippen LogP contribution in [0.25, 0.3) is 11.3 Å². The van der Waals surface area contributed by atoms with Crippen LogP contribution in [0.2, 0.25) is 0 Å². The molecule has 108 valence electrons. The van der Waals surface area contributed by atoms with Crippen molar-refractivity contribution in [2.24, 2.45) is 0 Å². The Hall–Kier alpha value is -1.15. The largest absolute Gasteiger partial charge is 0.415 e. The van der Waals surface area contributed by atoms with Gasteiger partial charge in [-0.2, -0.15) is 13.2 Å². The number of pyridine rings is 1. The molecule has 5 heteroatoms. The summed E-state index contributed by atoms with van der Waals surface area (Å²) in [6.07, 6.45) is -3.19. The molecule has 0 atom stereocenters. The summed E-state index contributed by atoms with van der Waals surface area (Å²) in [5, 5.41) is 0. The van der Waals surface area contributed by atoms with Crippen molar-refractivity contribution < 1.29 is 34.2 Å². The molecule has 0 aliphatic carbocycles. The van der Waals surface area contributed by atoms with Gasteiger partial charge in [-0.15, -0.1) is 35.9 Å². The second-order valence-electron chi connectivity index (χ2n) is 3.20. The Kier molecular flexibility index (Phi) is 8.61. The van der Waals surface area contributed by atoms with E-state index >= 15 is 0 Å². The Morgan fingerprint density at radius 3 is 2.26 bits per heavy atom. The first kappa shape index (κ1) is 20.2. The van der Waals surface area contributed by atoms with Crippen molar-refractivity contribution in [3.05, 3.63) is 69.1 Å². The minimum Gasteiger partial charge on any atom is -0.358 e. The fourth-order valence-corrected chi connectivity index (χ4v) is 1.31. The molecule has 0 aliphatic heterocycles. The third kappa shape index (κ3) is 5.15. The first-order chi connectivity index (χ1) is 7.57. The molecule has 1 aromatic heterocycles. The SMILES string of the molecule is FC(F)(F)c1ccnc(-c2[c-]cccc2)c1.[CH3-].[CH3-].[Pt]. The molecule has 1 aromatic carbocycles. The number of hydrogen-bond acceptors (Lipinski definition) is 1. The minimum atomic E-state index is -4.34. The third-order valence-electron chi connectivity index (χ3n) is 2.07. The molecule has 19 heavy (non-hydrogen) atoms. The second-order valence-corrected chi connectivity index (χ2v) is 3.20. The zero-order valence-corrected chi connectivity index (χ0v) is 12.7. The van der Waals surface area contributed by atoms with Gasteiger partial charge in [-0.05, 0) is 11.8 Å². The van der Waals surface area contributed by atoms with Gasteiger partial charge in [0, 0.05) is 32.8 Å². The summed E-state index contributed by atoms with van der Waals surface area (Å²) >= 11 is 0. The molecule has 0 bridgehead atoms. The summed E-state index contributed by atoms with van der Waals surface area (Å²) in [7, 11) is 0. The average molecular weight is 447 g/mol. The standard InChI is InChI=1S/C12H7F3N.2CH3.Pt/c13-12(14,15)10-6-7-16-11(8-10)9-4-2-1-3-5-9;;;/h1-4,6-8H;2*1H3;/q3*-1;. The number of hydrogen-bond donors (Lipinski definition) is 0. The predicted molar refractivity (Wildman–Crippen MR) is 66.3 cm³/mol. The van der Waals surface area contributed by atoms with Crippen molar-refractivity contribution in [3.63, 3.8) is 0 Å². The van der Waals surface area contributed by atoms with Gasteiger partial charge in [0.05, 0.1) is 0 Å². The molecular formula is C14H13F3NPt-3. The van der Waals surface area contributed by atoms with Gasteiger partial charge < -0.3 is 19.8 Å². The van der Waals surface area contributed by atoms with E-state index in [1.807, 2.05) is 0 Å². The van der Waals surface area contributed by atoms with Crippen LogP contribution in [-0.4, -0.2) is 4.98 Å². The van der Waals surface area contributed by atoms with E-state index in [0.29, 0.717) is 5.56 Å². The van der Waals surface area contributed by atoms with Crippen LogP contribution in [0, 0.1) is 20.9 Å². The summed E-state index contributed by atoms with van der Waals surface area (Å²) in [5.74, 6) is 0. The van der Waals surface area contributed by atoms with Crippen molar-refractivity contribution in [1.29, 1.82) is 0 Å². The normalized spacial score (nSPS) is 9.63. The molecule has 0 radical (unpaired) electrons. The van der Waals surface area contributed by atoms with E-state index in [9.17, 15) is 13.2 Å². The van der Waals surface area contributed by atoms with Gasteiger partial charge in [0.1, 0.15) is 0 Å². The molecule has 2 aromatic rings. The maximum atomic E-state index is 12.4. The van der Waals surface area contributed by atoms with Crippen LogP contribution in [0.15, 0.2) is 42.6 Å². The van der Waals surface area contributed by atoms with Gasteiger partial charge in [0.15, 0.2) is 0 Å². The molecule has 0 aliphatic rings. The molecular weight excluding hydrogens is 434 g/mol. The van der Waals surface area contributed by atoms with E-state index in [-0.39, 0.29) is 41.6 Å². The number of halogens is 3. The summed E-state index contributed by atoms with van der Waals surface area (Å²) in [4.78, 5) is 3.89. The topological polar surface area (TPSA) is 12.9 Å². The third-order valence-corrected chi connectivity index (χ3v) is 2.07. The van der Waals surface area contributed by atoms with Crippen molar-refractivity contribution in [3.8, 4) is 11.3 Å². The fourth-order valence-electron chi connectivity index (χ4n) is 1.31. The van der Waals surface area contributed by atoms with Crippen LogP contribution >= 0.6 is 0 Å². The molecule has 0 N–H and O–H groups in total. The van der Waals surface area contributed by atoms with Gasteiger partial charge in [-0.3, -0.25) is 0 Å². The van der Waals surface area contributed by atoms with Crippen molar-refractivity contribution in [2.75, 3.05) is 0 Å². The molecule has 2 rings (SSSR count). The van der Waals surface area contributed by atoms with Crippen LogP contribution < -0.4 is 0 Å². The van der Waals surface area contributed by atoms with E-state index in [0.717, 1.165) is 18.3 Å². The molecule has 1 nitrogen and oxygen atoms in total. The number of rotatable bonds is 1. The number of nitrogens with zero attached hydrogens (tertiary/aromatic N) is 1. The Morgan fingerprint density at radius 1 is 1.05 bits per heavy atom. The number of aromatic nitrogens is 1. The van der Waals surface area contributed by atoms with E-state index in [1.165, 1.54) is 0 Å². The van der Waals surface area contributed by atoms with Crippen molar-refractivity contribution in [2.45, 2.75) is 6.18 Å². The summed E-state index contributed by atoms with van der Waals surface area (Å²) in [6, 6.07) is 11.6. The zero-order chi connectivity index (χ0) is 11.6. The Labute approximate surface area is 126 Å². The van der Waals surface area contributed by atoms with Crippen LogP contribution in [0.3, 0.4) is 0 Å². The molecule has 0 saturated carbocycles. The molecule has 0 amide bonds. The quantitative estimate of drug-likeness (QED) is 0.589. The second kappa shape index (κ2) is 8.11. The summed E-state index contributed by atoms with van der Waals surface area (Å²) in [5.41, 5.74) is 0.124. The van der Waals surface area contributed by atoms with E-state index < -0.39 is 11.7 Å². The van der Waals surface area contributed by atoms with Gasteiger partial charge in [-0.1, -0.05) is 6.07 Å². The van der Waals surface area contributed by atoms with Gasteiger partial charge in [0.25, 0.3) is 0 Å². The monoisotopic (exact) mass is 447 g/mol. The minimum absolute atomic E-state index is 0. The zero-order valence-electron chi connectivity index (χ0n) is 10.4. The Bertz CT molecular complexity index is 484. The molecule has 0 spiro atoms. The van der Waals surface area contributed by atoms with Crippen molar-refractivity contribution in [1.82, 2.24) is 4.98 Å². The predicted octanol–water partition coefficient (Wildman–Crippen LogP) is 4.47. The van der Waals surface area contributed by atoms with Crippen LogP contribution in [0.4, 0.5) is 13.2 Å². The maximum Gasteiger partial charge on any atom is 0.415 e. The van der Waals surface area contributed by atoms with Crippen LogP contribution in [0.1, 0.15) is 5.56 Å². The summed E-state index contributed by atoms with van der Waals surface area (Å²) < 4.78 is 37.3. The smallest absolute Gasteiger partial charge is 0.358 e. The van der Waals surface area contributed by atoms with Crippen LogP contribution in [-0.2, 0) is 27.2 Å². The molecule has 1 heterocycles. The summed E-state index contributed by atoms with van der Waals surface area (Å²) in [6.45, 7) is 0. The Balaban J connectivity index is 0. The molecule has 0 saturated heterocycles. The van der Waals surface area contributed by atoms with Gasteiger partial charge in [-0.25, -0.2) is 0 Å². The van der Waals surface area contributed by atoms with Crippen LogP contribution in [0.5, 0.6) is 0 Å². The first-order valence-electron chi connectivity index (χ1n) is 4.58. The fraction of sp³-hybridized carbons (Fsp3) is 0.0714. The van der Waals surface area contributed by atoms with E-state index in [1.54, 1.807) is 24.3 Å². The first-order valence-corrected chi connectivity index (χ1v) is 4.58. The molecule has 0 fully saturated rings. The Morgan fingerprint density at radius 2 is 1.74 bits per heavy atom. The van der Waals surface area contributed by atoms with Gasteiger partial charge in [0.2, 0.25) is 0 Å². The number of benzene rings is 1. The maximum absolute atomic E-state index is 12.4. The van der Waals surface area contributed by atoms with E-state index in [2.05, 4.69) is 11.1 Å². The van der Waals surface area contributed by atoms with Crippen molar-refractivity contribution >= 4 is 0 Å². The van der Waals surface area contributed by atoms with E-state index in [4.69, 9.17) is 0 Å². The average Bonchev–Trinajstić information content (AvgIpc) is 2.29. The van der Waals surface area contributed by atoms with Gasteiger partial charge >= 0.3 is 6.18 Å². The molecule has 0 unspecified atom stereocenters. The number of alkyl halides is 3.